The van der Waals surface area contributed by atoms with Gasteiger partial charge in [0.05, 0.1) is 5.56 Å². The SMILES string of the molecule is CN(C)c1ccc(-c2nnc(NC3=COC=C(C4=CC=CCC4)O3)o2)c(N)c1. The molecule has 0 unspecified atom stereocenters. The van der Waals surface area contributed by atoms with E-state index in [4.69, 9.17) is 19.6 Å². The number of hydrogen-bond donors (Lipinski definition) is 2. The molecule has 144 valence electrons. The van der Waals surface area contributed by atoms with Crippen LogP contribution in [0.5, 0.6) is 0 Å². The standard InChI is InChI=1S/C20H21N5O3/c1-25(2)14-8-9-15(16(21)10-14)19-23-24-20(28-19)22-18-12-26-11-17(27-18)13-6-4-3-5-7-13/h3-4,6,8-12H,5,7,21H2,1-2H3,(H,22,24). The Morgan fingerprint density at radius 1 is 1.18 bits per heavy atom. The van der Waals surface area contributed by atoms with E-state index in [1.165, 1.54) is 6.26 Å². The van der Waals surface area contributed by atoms with Crippen LogP contribution in [0.4, 0.5) is 17.4 Å². The minimum Gasteiger partial charge on any atom is -0.463 e. The van der Waals surface area contributed by atoms with E-state index in [1.807, 2.05) is 49.3 Å². The molecule has 2 heterocycles. The molecular formula is C20H21N5O3. The summed E-state index contributed by atoms with van der Waals surface area (Å²) in [7, 11) is 3.90. The van der Waals surface area contributed by atoms with Crippen LogP contribution in [0.2, 0.25) is 0 Å². The third-order valence-corrected chi connectivity index (χ3v) is 4.34. The molecular weight excluding hydrogens is 358 g/mol. The van der Waals surface area contributed by atoms with Crippen LogP contribution in [-0.2, 0) is 9.47 Å². The third kappa shape index (κ3) is 3.71. The topological polar surface area (TPSA) is 98.7 Å². The van der Waals surface area contributed by atoms with Crippen molar-refractivity contribution in [2.45, 2.75) is 12.8 Å². The average Bonchev–Trinajstić information content (AvgIpc) is 3.17. The molecule has 28 heavy (non-hydrogen) atoms. The zero-order valence-electron chi connectivity index (χ0n) is 15.7. The van der Waals surface area contributed by atoms with Gasteiger partial charge in [0.2, 0.25) is 5.88 Å². The lowest BCUT2D eigenvalue weighted by Gasteiger charge is -2.18. The van der Waals surface area contributed by atoms with E-state index < -0.39 is 0 Å². The number of aromatic nitrogens is 2. The van der Waals surface area contributed by atoms with Crippen LogP contribution in [0.25, 0.3) is 11.5 Å². The number of hydrogen-bond acceptors (Lipinski definition) is 8. The van der Waals surface area contributed by atoms with Gasteiger partial charge in [-0.15, -0.1) is 5.10 Å². The lowest BCUT2D eigenvalue weighted by molar-refractivity contribution is 0.232. The summed E-state index contributed by atoms with van der Waals surface area (Å²) in [5.74, 6) is 1.33. The van der Waals surface area contributed by atoms with E-state index in [9.17, 15) is 0 Å². The molecule has 1 aromatic heterocycles. The first-order chi connectivity index (χ1) is 13.6. The van der Waals surface area contributed by atoms with Gasteiger partial charge in [-0.1, -0.05) is 23.3 Å². The molecule has 1 aliphatic carbocycles. The van der Waals surface area contributed by atoms with Gasteiger partial charge in [0, 0.05) is 25.5 Å². The number of ether oxygens (including phenoxy) is 2. The van der Waals surface area contributed by atoms with Crippen molar-refractivity contribution in [3.63, 3.8) is 0 Å². The van der Waals surface area contributed by atoms with Gasteiger partial charge in [0.1, 0.15) is 6.26 Å². The molecule has 1 aliphatic heterocycles. The van der Waals surface area contributed by atoms with E-state index in [0.717, 1.165) is 24.1 Å². The zero-order valence-corrected chi connectivity index (χ0v) is 15.7. The molecule has 8 nitrogen and oxygen atoms in total. The summed E-state index contributed by atoms with van der Waals surface area (Å²) in [5, 5.41) is 11.0. The number of allylic oxidation sites excluding steroid dienone is 4. The molecule has 0 bridgehead atoms. The Kier molecular flexibility index (Phi) is 4.76. The Balaban J connectivity index is 1.46. The highest BCUT2D eigenvalue weighted by Gasteiger charge is 2.18. The van der Waals surface area contributed by atoms with Gasteiger partial charge in [-0.2, -0.15) is 0 Å². The Morgan fingerprint density at radius 2 is 2.07 bits per heavy atom. The van der Waals surface area contributed by atoms with Crippen LogP contribution in [0.1, 0.15) is 12.8 Å². The number of anilines is 3. The monoisotopic (exact) mass is 379 g/mol. The minimum atomic E-state index is 0.180. The third-order valence-electron chi connectivity index (χ3n) is 4.34. The van der Waals surface area contributed by atoms with Crippen molar-refractivity contribution in [3.05, 3.63) is 66.2 Å². The van der Waals surface area contributed by atoms with Crippen LogP contribution in [0.3, 0.4) is 0 Å². The molecule has 3 N–H and O–H groups in total. The normalized spacial score (nSPS) is 15.7. The number of nitrogens with two attached hydrogens (primary N) is 1. The molecule has 8 heteroatoms. The number of rotatable bonds is 5. The Morgan fingerprint density at radius 3 is 2.82 bits per heavy atom. The summed E-state index contributed by atoms with van der Waals surface area (Å²) >= 11 is 0. The maximum Gasteiger partial charge on any atom is 0.322 e. The highest BCUT2D eigenvalue weighted by Crippen LogP contribution is 2.30. The summed E-state index contributed by atoms with van der Waals surface area (Å²) in [4.78, 5) is 1.97. The van der Waals surface area contributed by atoms with E-state index in [0.29, 0.717) is 28.8 Å². The van der Waals surface area contributed by atoms with Gasteiger partial charge in [-0.05, 0) is 36.6 Å². The second kappa shape index (κ2) is 7.51. The van der Waals surface area contributed by atoms with Crippen molar-refractivity contribution in [1.82, 2.24) is 10.2 Å². The summed E-state index contributed by atoms with van der Waals surface area (Å²) in [6.45, 7) is 0. The number of nitrogens with zero attached hydrogens (tertiary/aromatic N) is 3. The first kappa shape index (κ1) is 17.7. The zero-order chi connectivity index (χ0) is 19.5. The van der Waals surface area contributed by atoms with E-state index in [-0.39, 0.29) is 6.01 Å². The van der Waals surface area contributed by atoms with Gasteiger partial charge >= 0.3 is 6.01 Å². The molecule has 0 spiro atoms. The minimum absolute atomic E-state index is 0.180. The number of nitrogens with one attached hydrogen (secondary N) is 1. The molecule has 0 atom stereocenters. The van der Waals surface area contributed by atoms with E-state index in [2.05, 4.69) is 21.6 Å². The Labute approximate surface area is 162 Å². The fourth-order valence-electron chi connectivity index (χ4n) is 2.84. The molecule has 0 radical (unpaired) electrons. The van der Waals surface area contributed by atoms with Crippen molar-refractivity contribution in [3.8, 4) is 11.5 Å². The summed E-state index contributed by atoms with van der Waals surface area (Å²) in [5.41, 5.74) is 9.41. The Bertz CT molecular complexity index is 1000. The van der Waals surface area contributed by atoms with Crippen LogP contribution >= 0.6 is 0 Å². The molecule has 4 rings (SSSR count). The molecule has 2 aromatic rings. The molecule has 0 saturated heterocycles. The van der Waals surface area contributed by atoms with Crippen molar-refractivity contribution in [1.29, 1.82) is 0 Å². The van der Waals surface area contributed by atoms with Crippen molar-refractivity contribution in [2.75, 3.05) is 30.0 Å². The molecule has 2 aliphatic rings. The summed E-state index contributed by atoms with van der Waals surface area (Å²) in [6, 6.07) is 5.83. The van der Waals surface area contributed by atoms with Crippen LogP contribution in [-0.4, -0.2) is 24.3 Å². The lowest BCUT2D eigenvalue weighted by Crippen LogP contribution is -2.10. The van der Waals surface area contributed by atoms with Gasteiger partial charge in [0.15, 0.2) is 12.0 Å². The van der Waals surface area contributed by atoms with Crippen molar-refractivity contribution < 1.29 is 13.9 Å². The molecule has 0 saturated carbocycles. The van der Waals surface area contributed by atoms with Crippen LogP contribution in [0, 0.1) is 0 Å². The second-order valence-electron chi connectivity index (χ2n) is 6.56. The largest absolute Gasteiger partial charge is 0.463 e. The average molecular weight is 379 g/mol. The maximum absolute atomic E-state index is 6.14. The second-order valence-corrected chi connectivity index (χ2v) is 6.56. The van der Waals surface area contributed by atoms with Crippen LogP contribution < -0.4 is 16.0 Å². The van der Waals surface area contributed by atoms with Gasteiger partial charge in [-0.25, -0.2) is 0 Å². The quantitative estimate of drug-likeness (QED) is 0.758. The van der Waals surface area contributed by atoms with E-state index in [1.54, 1.807) is 6.26 Å². The number of nitrogen functional groups attached to an aromatic ring is 1. The van der Waals surface area contributed by atoms with E-state index >= 15 is 0 Å². The van der Waals surface area contributed by atoms with Gasteiger partial charge in [0.25, 0.3) is 5.89 Å². The van der Waals surface area contributed by atoms with Crippen molar-refractivity contribution in [2.24, 2.45) is 0 Å². The Hall–Kier alpha value is -3.68. The van der Waals surface area contributed by atoms with Crippen molar-refractivity contribution >= 4 is 17.4 Å². The predicted molar refractivity (Wildman–Crippen MR) is 107 cm³/mol. The summed E-state index contributed by atoms with van der Waals surface area (Å²) in [6.07, 6.45) is 11.0. The fraction of sp³-hybridized carbons (Fsp3) is 0.200. The molecule has 0 amide bonds. The van der Waals surface area contributed by atoms with Gasteiger partial charge < -0.3 is 24.5 Å². The highest BCUT2D eigenvalue weighted by atomic mass is 16.6. The van der Waals surface area contributed by atoms with Crippen LogP contribution in [0.15, 0.2) is 70.6 Å². The number of benzene rings is 1. The fourth-order valence-corrected chi connectivity index (χ4v) is 2.84. The molecule has 0 fully saturated rings. The maximum atomic E-state index is 6.14. The first-order valence-electron chi connectivity index (χ1n) is 8.87. The summed E-state index contributed by atoms with van der Waals surface area (Å²) < 4.78 is 16.9. The predicted octanol–water partition coefficient (Wildman–Crippen LogP) is 3.76. The van der Waals surface area contributed by atoms with Gasteiger partial charge in [-0.3, -0.25) is 5.32 Å². The smallest absolute Gasteiger partial charge is 0.322 e. The molecule has 1 aromatic carbocycles. The highest BCUT2D eigenvalue weighted by molar-refractivity contribution is 5.74. The lowest BCUT2D eigenvalue weighted by atomic mass is 10.0. The first-order valence-corrected chi connectivity index (χ1v) is 8.87.